The molecule has 2 fully saturated rings. The molecule has 0 saturated carbocycles. The van der Waals surface area contributed by atoms with Crippen LogP contribution in [0.1, 0.15) is 37.4 Å². The van der Waals surface area contributed by atoms with Gasteiger partial charge in [0, 0.05) is 26.2 Å². The zero-order chi connectivity index (χ0) is 16.9. The number of rotatable bonds is 6. The molecule has 0 amide bonds. The lowest BCUT2D eigenvalue weighted by Gasteiger charge is -2.33. The SMILES string of the molecule is OC(CN1CCC(OCC2CCCO2)CC1)c1ccc(F)c(F)c1. The highest BCUT2D eigenvalue weighted by molar-refractivity contribution is 5.20. The van der Waals surface area contributed by atoms with Crippen molar-refractivity contribution in [3.8, 4) is 0 Å². The van der Waals surface area contributed by atoms with Crippen molar-refractivity contribution in [2.75, 3.05) is 32.8 Å². The Morgan fingerprint density at radius 1 is 1.21 bits per heavy atom. The van der Waals surface area contributed by atoms with Crippen LogP contribution in [0.25, 0.3) is 0 Å². The Hall–Kier alpha value is -1.08. The van der Waals surface area contributed by atoms with Crippen LogP contribution in [0.3, 0.4) is 0 Å². The third-order valence-electron chi connectivity index (χ3n) is 4.84. The van der Waals surface area contributed by atoms with Gasteiger partial charge in [0.25, 0.3) is 0 Å². The minimum Gasteiger partial charge on any atom is -0.387 e. The summed E-state index contributed by atoms with van der Waals surface area (Å²) in [5, 5.41) is 10.2. The molecule has 134 valence electrons. The molecule has 2 unspecified atom stereocenters. The maximum absolute atomic E-state index is 13.3. The van der Waals surface area contributed by atoms with Gasteiger partial charge in [-0.25, -0.2) is 8.78 Å². The molecule has 2 aliphatic heterocycles. The first kappa shape index (κ1) is 17.7. The lowest BCUT2D eigenvalue weighted by molar-refractivity contribution is -0.0453. The van der Waals surface area contributed by atoms with E-state index >= 15 is 0 Å². The third kappa shape index (κ3) is 4.72. The highest BCUT2D eigenvalue weighted by Crippen LogP contribution is 2.21. The van der Waals surface area contributed by atoms with Crippen LogP contribution in [0, 0.1) is 11.6 Å². The minimum absolute atomic E-state index is 0.242. The first-order valence-corrected chi connectivity index (χ1v) is 8.70. The Bertz CT molecular complexity index is 529. The summed E-state index contributed by atoms with van der Waals surface area (Å²) in [6, 6.07) is 3.55. The fourth-order valence-electron chi connectivity index (χ4n) is 3.35. The van der Waals surface area contributed by atoms with Gasteiger partial charge in [0.2, 0.25) is 0 Å². The summed E-state index contributed by atoms with van der Waals surface area (Å²) in [6.07, 6.45) is 3.70. The number of ether oxygens (including phenoxy) is 2. The van der Waals surface area contributed by atoms with Crippen molar-refractivity contribution in [1.29, 1.82) is 0 Å². The van der Waals surface area contributed by atoms with Gasteiger partial charge in [0.15, 0.2) is 11.6 Å². The monoisotopic (exact) mass is 341 g/mol. The van der Waals surface area contributed by atoms with Crippen LogP contribution >= 0.6 is 0 Å². The zero-order valence-corrected chi connectivity index (χ0v) is 13.8. The molecule has 0 aromatic heterocycles. The summed E-state index contributed by atoms with van der Waals surface area (Å²) < 4.78 is 37.7. The van der Waals surface area contributed by atoms with Crippen molar-refractivity contribution in [3.63, 3.8) is 0 Å². The van der Waals surface area contributed by atoms with E-state index in [-0.39, 0.29) is 12.2 Å². The molecule has 6 heteroatoms. The lowest BCUT2D eigenvalue weighted by atomic mass is 10.0. The maximum atomic E-state index is 13.3. The van der Waals surface area contributed by atoms with Crippen LogP contribution in [-0.4, -0.2) is 55.1 Å². The highest BCUT2D eigenvalue weighted by atomic mass is 19.2. The Balaban J connectivity index is 1.40. The predicted octanol–water partition coefficient (Wildman–Crippen LogP) is 2.66. The fourth-order valence-corrected chi connectivity index (χ4v) is 3.35. The molecule has 4 nitrogen and oxygen atoms in total. The summed E-state index contributed by atoms with van der Waals surface area (Å²) in [5.41, 5.74) is 0.408. The molecule has 0 aliphatic carbocycles. The first-order valence-electron chi connectivity index (χ1n) is 8.70. The lowest BCUT2D eigenvalue weighted by Crippen LogP contribution is -2.39. The Labute approximate surface area is 141 Å². The van der Waals surface area contributed by atoms with Gasteiger partial charge in [0.05, 0.1) is 24.9 Å². The van der Waals surface area contributed by atoms with E-state index in [9.17, 15) is 13.9 Å². The average molecular weight is 341 g/mol. The molecule has 2 atom stereocenters. The molecule has 1 aromatic rings. The molecule has 24 heavy (non-hydrogen) atoms. The van der Waals surface area contributed by atoms with E-state index in [4.69, 9.17) is 9.47 Å². The van der Waals surface area contributed by atoms with E-state index in [1.54, 1.807) is 0 Å². The topological polar surface area (TPSA) is 41.9 Å². The van der Waals surface area contributed by atoms with E-state index < -0.39 is 17.7 Å². The van der Waals surface area contributed by atoms with Crippen molar-refractivity contribution >= 4 is 0 Å². The van der Waals surface area contributed by atoms with Crippen molar-refractivity contribution in [2.45, 2.75) is 44.0 Å². The van der Waals surface area contributed by atoms with Gasteiger partial charge in [-0.3, -0.25) is 0 Å². The zero-order valence-electron chi connectivity index (χ0n) is 13.8. The molecule has 2 heterocycles. The number of likely N-dealkylation sites (tertiary alicyclic amines) is 1. The number of aliphatic hydroxyl groups excluding tert-OH is 1. The molecule has 1 N–H and O–H groups in total. The van der Waals surface area contributed by atoms with Gasteiger partial charge in [-0.2, -0.15) is 0 Å². The van der Waals surface area contributed by atoms with Crippen LogP contribution in [0.2, 0.25) is 0 Å². The number of hydrogen-bond acceptors (Lipinski definition) is 4. The second-order valence-electron chi connectivity index (χ2n) is 6.66. The van der Waals surface area contributed by atoms with Crippen LogP contribution in [0.15, 0.2) is 18.2 Å². The minimum atomic E-state index is -0.923. The molecule has 1 aromatic carbocycles. The summed E-state index contributed by atoms with van der Waals surface area (Å²) in [6.45, 7) is 3.59. The average Bonchev–Trinajstić information content (AvgIpc) is 3.10. The van der Waals surface area contributed by atoms with Crippen LogP contribution in [0.4, 0.5) is 8.78 Å². The van der Waals surface area contributed by atoms with E-state index in [1.807, 2.05) is 0 Å². The summed E-state index contributed by atoms with van der Waals surface area (Å²) in [4.78, 5) is 2.14. The summed E-state index contributed by atoms with van der Waals surface area (Å²) in [7, 11) is 0. The Morgan fingerprint density at radius 2 is 2.00 bits per heavy atom. The molecule has 0 radical (unpaired) electrons. The fraction of sp³-hybridized carbons (Fsp3) is 0.667. The van der Waals surface area contributed by atoms with E-state index in [1.165, 1.54) is 6.07 Å². The first-order chi connectivity index (χ1) is 11.6. The summed E-state index contributed by atoms with van der Waals surface area (Å²) >= 11 is 0. The van der Waals surface area contributed by atoms with Crippen LogP contribution in [-0.2, 0) is 9.47 Å². The van der Waals surface area contributed by atoms with Crippen molar-refractivity contribution < 1.29 is 23.4 Å². The van der Waals surface area contributed by atoms with Gasteiger partial charge in [0.1, 0.15) is 0 Å². The smallest absolute Gasteiger partial charge is 0.159 e. The third-order valence-corrected chi connectivity index (χ3v) is 4.84. The van der Waals surface area contributed by atoms with E-state index in [2.05, 4.69) is 4.90 Å². The quantitative estimate of drug-likeness (QED) is 0.864. The van der Waals surface area contributed by atoms with Gasteiger partial charge in [-0.15, -0.1) is 0 Å². The number of β-amino-alcohol motifs (C(OH)–C–C–N with tert-alkyl or cyclic N) is 1. The van der Waals surface area contributed by atoms with Crippen LogP contribution < -0.4 is 0 Å². The van der Waals surface area contributed by atoms with Crippen molar-refractivity contribution in [3.05, 3.63) is 35.4 Å². The van der Waals surface area contributed by atoms with E-state index in [0.717, 1.165) is 57.5 Å². The molecule has 2 saturated heterocycles. The molecular weight excluding hydrogens is 316 g/mol. The van der Waals surface area contributed by atoms with E-state index in [0.29, 0.717) is 18.7 Å². The number of hydrogen-bond donors (Lipinski definition) is 1. The summed E-state index contributed by atoms with van der Waals surface area (Å²) in [5.74, 6) is -1.82. The number of aliphatic hydroxyl groups is 1. The molecule has 2 aliphatic rings. The van der Waals surface area contributed by atoms with Crippen molar-refractivity contribution in [2.24, 2.45) is 0 Å². The van der Waals surface area contributed by atoms with Crippen molar-refractivity contribution in [1.82, 2.24) is 4.90 Å². The molecule has 0 bridgehead atoms. The highest BCUT2D eigenvalue weighted by Gasteiger charge is 2.24. The maximum Gasteiger partial charge on any atom is 0.159 e. The number of benzene rings is 1. The Kier molecular flexibility index (Phi) is 6.16. The largest absolute Gasteiger partial charge is 0.387 e. The molecule has 3 rings (SSSR count). The number of piperidine rings is 1. The standard InChI is InChI=1S/C18H25F2NO3/c19-16-4-3-13(10-17(16)20)18(22)11-21-7-5-14(6-8-21)24-12-15-2-1-9-23-15/h3-4,10,14-15,18,22H,1-2,5-9,11-12H2. The molecular formula is C18H25F2NO3. The van der Waals surface area contributed by atoms with Gasteiger partial charge < -0.3 is 19.5 Å². The molecule has 0 spiro atoms. The predicted molar refractivity (Wildman–Crippen MR) is 85.7 cm³/mol. The second-order valence-corrected chi connectivity index (χ2v) is 6.66. The number of nitrogens with zero attached hydrogens (tertiary/aromatic N) is 1. The van der Waals surface area contributed by atoms with Crippen LogP contribution in [0.5, 0.6) is 0 Å². The van der Waals surface area contributed by atoms with Gasteiger partial charge >= 0.3 is 0 Å². The second kappa shape index (κ2) is 8.34. The van der Waals surface area contributed by atoms with Gasteiger partial charge in [-0.05, 0) is 43.4 Å². The Morgan fingerprint density at radius 3 is 2.67 bits per heavy atom. The number of halogens is 2. The van der Waals surface area contributed by atoms with Gasteiger partial charge in [-0.1, -0.05) is 6.07 Å². The normalized spacial score (nSPS) is 24.4.